The third kappa shape index (κ3) is 5.29. The van der Waals surface area contributed by atoms with E-state index < -0.39 is 17.6 Å². The lowest BCUT2D eigenvalue weighted by molar-refractivity contribution is -0.385. The number of nitrogens with one attached hydrogen (secondary N) is 1. The molecule has 3 aromatic carbocycles. The van der Waals surface area contributed by atoms with Crippen LogP contribution in [-0.2, 0) is 6.61 Å². The Morgan fingerprint density at radius 2 is 1.84 bits per heavy atom. The van der Waals surface area contributed by atoms with Gasteiger partial charge >= 0.3 is 0 Å². The Morgan fingerprint density at radius 1 is 1.13 bits per heavy atom. The van der Waals surface area contributed by atoms with Gasteiger partial charge < -0.3 is 19.9 Å². The predicted molar refractivity (Wildman–Crippen MR) is 115 cm³/mol. The summed E-state index contributed by atoms with van der Waals surface area (Å²) in [7, 11) is 1.45. The fraction of sp³-hybridized carbons (Fsp3) is 0.174. The molecule has 3 rings (SSSR count). The van der Waals surface area contributed by atoms with E-state index in [9.17, 15) is 15.2 Å². The van der Waals surface area contributed by atoms with E-state index in [1.165, 1.54) is 19.2 Å². The molecule has 0 heterocycles. The Bertz CT molecular complexity index is 1080. The molecule has 0 saturated carbocycles. The van der Waals surface area contributed by atoms with Crippen LogP contribution in [0.4, 0.5) is 11.4 Å². The highest BCUT2D eigenvalue weighted by molar-refractivity contribution is 5.58. The highest BCUT2D eigenvalue weighted by Gasteiger charge is 2.26. The van der Waals surface area contributed by atoms with Gasteiger partial charge in [-0.3, -0.25) is 10.1 Å². The molecule has 8 heteroatoms. The van der Waals surface area contributed by atoms with E-state index in [1.807, 2.05) is 36.4 Å². The van der Waals surface area contributed by atoms with Crippen molar-refractivity contribution in [1.29, 1.82) is 5.26 Å². The van der Waals surface area contributed by atoms with Crippen molar-refractivity contribution in [3.63, 3.8) is 0 Å². The Kier molecular flexibility index (Phi) is 7.04. The van der Waals surface area contributed by atoms with E-state index in [-0.39, 0.29) is 23.6 Å². The molecule has 0 spiro atoms. The van der Waals surface area contributed by atoms with Crippen LogP contribution in [0.2, 0.25) is 0 Å². The van der Waals surface area contributed by atoms with Gasteiger partial charge in [0.15, 0.2) is 11.5 Å². The maximum absolute atomic E-state index is 11.8. The molecule has 2 N–H and O–H groups in total. The fourth-order valence-corrected chi connectivity index (χ4v) is 3.07. The van der Waals surface area contributed by atoms with Crippen molar-refractivity contribution in [2.24, 2.45) is 0 Å². The van der Waals surface area contributed by atoms with Crippen molar-refractivity contribution >= 4 is 11.4 Å². The first-order valence-corrected chi connectivity index (χ1v) is 9.46. The molecule has 3 aromatic rings. The highest BCUT2D eigenvalue weighted by Crippen LogP contribution is 2.38. The number of rotatable bonds is 9. The minimum Gasteiger partial charge on any atom is -0.493 e. The van der Waals surface area contributed by atoms with Crippen molar-refractivity contribution in [3.05, 3.63) is 93.5 Å². The zero-order valence-electron chi connectivity index (χ0n) is 16.8. The van der Waals surface area contributed by atoms with E-state index in [0.29, 0.717) is 17.0 Å². The molecular formula is C23H21N3O5. The van der Waals surface area contributed by atoms with Gasteiger partial charge in [0, 0.05) is 5.69 Å². The molecule has 0 fully saturated rings. The lowest BCUT2D eigenvalue weighted by Gasteiger charge is -2.20. The summed E-state index contributed by atoms with van der Waals surface area (Å²) in [4.78, 5) is 11.2. The largest absolute Gasteiger partial charge is 0.493 e. The molecule has 0 bridgehead atoms. The SMILES string of the molecule is COc1cc(C(CO)Nc2ccc(C#N)cc2)c([N+](=O)[O-])cc1OCc1ccccc1. The number of nitrogens with zero attached hydrogens (tertiary/aromatic N) is 2. The number of hydrogen-bond donors (Lipinski definition) is 2. The number of aliphatic hydroxyl groups is 1. The van der Waals surface area contributed by atoms with Crippen LogP contribution in [0.1, 0.15) is 22.7 Å². The van der Waals surface area contributed by atoms with Gasteiger partial charge in [-0.25, -0.2) is 0 Å². The van der Waals surface area contributed by atoms with Gasteiger partial charge in [0.1, 0.15) is 6.61 Å². The smallest absolute Gasteiger partial charge is 0.278 e. The van der Waals surface area contributed by atoms with Crippen LogP contribution >= 0.6 is 0 Å². The highest BCUT2D eigenvalue weighted by atomic mass is 16.6. The first-order valence-electron chi connectivity index (χ1n) is 9.46. The van der Waals surface area contributed by atoms with Crippen molar-refractivity contribution in [2.75, 3.05) is 19.0 Å². The van der Waals surface area contributed by atoms with Crippen LogP contribution in [0.15, 0.2) is 66.7 Å². The lowest BCUT2D eigenvalue weighted by Crippen LogP contribution is -2.17. The van der Waals surface area contributed by atoms with Crippen molar-refractivity contribution in [3.8, 4) is 17.6 Å². The Morgan fingerprint density at radius 3 is 2.42 bits per heavy atom. The normalized spacial score (nSPS) is 11.3. The van der Waals surface area contributed by atoms with E-state index in [0.717, 1.165) is 5.56 Å². The van der Waals surface area contributed by atoms with Gasteiger partial charge in [-0.2, -0.15) is 5.26 Å². The van der Waals surface area contributed by atoms with Crippen LogP contribution in [0.5, 0.6) is 11.5 Å². The van der Waals surface area contributed by atoms with Crippen molar-refractivity contribution in [2.45, 2.75) is 12.6 Å². The van der Waals surface area contributed by atoms with Gasteiger partial charge in [-0.15, -0.1) is 0 Å². The summed E-state index contributed by atoms with van der Waals surface area (Å²) in [5, 5.41) is 33.7. The second kappa shape index (κ2) is 10.1. The number of benzene rings is 3. The molecule has 0 aliphatic carbocycles. The molecule has 1 atom stereocenters. The van der Waals surface area contributed by atoms with Crippen LogP contribution in [-0.4, -0.2) is 23.7 Å². The molecule has 31 heavy (non-hydrogen) atoms. The number of ether oxygens (including phenoxy) is 2. The lowest BCUT2D eigenvalue weighted by atomic mass is 10.0. The number of nitro groups is 1. The van der Waals surface area contributed by atoms with E-state index in [4.69, 9.17) is 14.7 Å². The number of aliphatic hydroxyl groups excluding tert-OH is 1. The van der Waals surface area contributed by atoms with Gasteiger partial charge in [0.25, 0.3) is 5.69 Å². The minimum atomic E-state index is -0.773. The minimum absolute atomic E-state index is 0.205. The molecular weight excluding hydrogens is 398 g/mol. The van der Waals surface area contributed by atoms with Gasteiger partial charge in [-0.05, 0) is 35.9 Å². The summed E-state index contributed by atoms with van der Waals surface area (Å²) in [5.74, 6) is 0.550. The molecule has 0 radical (unpaired) electrons. The van der Waals surface area contributed by atoms with Gasteiger partial charge in [-0.1, -0.05) is 30.3 Å². The summed E-state index contributed by atoms with van der Waals surface area (Å²) >= 11 is 0. The summed E-state index contributed by atoms with van der Waals surface area (Å²) in [6, 6.07) is 20.0. The monoisotopic (exact) mass is 419 g/mol. The number of hydrogen-bond acceptors (Lipinski definition) is 7. The first-order chi connectivity index (χ1) is 15.0. The quantitative estimate of drug-likeness (QED) is 0.394. The van der Waals surface area contributed by atoms with E-state index in [1.54, 1.807) is 24.3 Å². The first kappa shape index (κ1) is 21.6. The maximum atomic E-state index is 11.8. The Labute approximate surface area is 179 Å². The Hall–Kier alpha value is -4.09. The van der Waals surface area contributed by atoms with E-state index in [2.05, 4.69) is 5.32 Å². The summed E-state index contributed by atoms with van der Waals surface area (Å²) < 4.78 is 11.2. The molecule has 158 valence electrons. The molecule has 1 unspecified atom stereocenters. The van der Waals surface area contributed by atoms with Crippen molar-refractivity contribution < 1.29 is 19.5 Å². The van der Waals surface area contributed by atoms with Crippen LogP contribution in [0.25, 0.3) is 0 Å². The van der Waals surface area contributed by atoms with Crippen LogP contribution < -0.4 is 14.8 Å². The summed E-state index contributed by atoms with van der Waals surface area (Å²) in [6.45, 7) is -0.172. The average molecular weight is 419 g/mol. The second-order valence-electron chi connectivity index (χ2n) is 6.66. The molecule has 0 aromatic heterocycles. The molecule has 0 aliphatic heterocycles. The van der Waals surface area contributed by atoms with Crippen molar-refractivity contribution in [1.82, 2.24) is 0 Å². The van der Waals surface area contributed by atoms with Gasteiger partial charge in [0.05, 0.1) is 47.9 Å². The number of nitriles is 1. The standard InChI is InChI=1S/C23H21N3O5/c1-30-22-11-19(20(14-27)25-18-9-7-16(13-24)8-10-18)21(26(28)29)12-23(22)31-15-17-5-3-2-4-6-17/h2-12,20,25,27H,14-15H2,1H3. The molecule has 8 nitrogen and oxygen atoms in total. The second-order valence-corrected chi connectivity index (χ2v) is 6.66. The van der Waals surface area contributed by atoms with Crippen LogP contribution in [0, 0.1) is 21.4 Å². The maximum Gasteiger partial charge on any atom is 0.278 e. The fourth-order valence-electron chi connectivity index (χ4n) is 3.07. The third-order valence-corrected chi connectivity index (χ3v) is 4.66. The third-order valence-electron chi connectivity index (χ3n) is 4.66. The molecule has 0 aliphatic rings. The number of methoxy groups -OCH3 is 1. The molecule has 0 saturated heterocycles. The number of nitro benzene ring substituents is 1. The molecule has 0 amide bonds. The van der Waals surface area contributed by atoms with E-state index >= 15 is 0 Å². The summed E-state index contributed by atoms with van der Waals surface area (Å²) in [6.07, 6.45) is 0. The van der Waals surface area contributed by atoms with Gasteiger partial charge in [0.2, 0.25) is 0 Å². The average Bonchev–Trinajstić information content (AvgIpc) is 2.81. The zero-order chi connectivity index (χ0) is 22.2. The topological polar surface area (TPSA) is 118 Å². The number of anilines is 1. The van der Waals surface area contributed by atoms with Crippen LogP contribution in [0.3, 0.4) is 0 Å². The Balaban J connectivity index is 1.91. The zero-order valence-corrected chi connectivity index (χ0v) is 16.8. The summed E-state index contributed by atoms with van der Waals surface area (Å²) in [5.41, 5.74) is 2.05. The predicted octanol–water partition coefficient (Wildman–Crippen LogP) is 4.20.